The highest BCUT2D eigenvalue weighted by atomic mass is 32.2. The van der Waals surface area contributed by atoms with E-state index in [0.717, 1.165) is 29.2 Å². The molecule has 48 heavy (non-hydrogen) atoms. The van der Waals surface area contributed by atoms with Gasteiger partial charge in [0.1, 0.15) is 23.2 Å². The SMILES string of the molecule is CC(C)(C)OC(=O)N[C@H]1CS(=O)(=O)c2cc(F)c(/C(N)=N/OC(=O)C3(C(F)(F)F)CC3)cc2N(Cc2ccc(OC(F)(F)F)cc2)C1=O. The van der Waals surface area contributed by atoms with E-state index in [4.69, 9.17) is 10.5 Å². The first-order valence-electron chi connectivity index (χ1n) is 13.8. The van der Waals surface area contributed by atoms with Crippen LogP contribution in [0.25, 0.3) is 0 Å². The molecule has 1 aliphatic heterocycles. The van der Waals surface area contributed by atoms with Gasteiger partial charge in [-0.2, -0.15) is 13.2 Å². The minimum absolute atomic E-state index is 0.0995. The van der Waals surface area contributed by atoms with E-state index in [2.05, 4.69) is 20.0 Å². The molecular formula is C28H27F7N4O8S. The van der Waals surface area contributed by atoms with Crippen molar-refractivity contribution in [1.29, 1.82) is 0 Å². The van der Waals surface area contributed by atoms with Crippen LogP contribution in [0.3, 0.4) is 0 Å². The number of alkyl carbamates (subject to hydrolysis) is 1. The summed E-state index contributed by atoms with van der Waals surface area (Å²) in [5.74, 6) is -7.02. The van der Waals surface area contributed by atoms with Crippen LogP contribution < -0.4 is 20.7 Å². The van der Waals surface area contributed by atoms with E-state index in [1.165, 1.54) is 20.8 Å². The van der Waals surface area contributed by atoms with Crippen molar-refractivity contribution in [3.63, 3.8) is 0 Å². The fourth-order valence-corrected chi connectivity index (χ4v) is 6.15. The van der Waals surface area contributed by atoms with Gasteiger partial charge in [0.25, 0.3) is 5.91 Å². The van der Waals surface area contributed by atoms with Crippen molar-refractivity contribution in [3.05, 3.63) is 53.3 Å². The normalized spacial score (nSPS) is 19.1. The van der Waals surface area contributed by atoms with Crippen molar-refractivity contribution in [1.82, 2.24) is 5.32 Å². The smallest absolute Gasteiger partial charge is 0.444 e. The van der Waals surface area contributed by atoms with E-state index in [9.17, 15) is 49.1 Å². The van der Waals surface area contributed by atoms with E-state index in [0.29, 0.717) is 12.1 Å². The number of amidine groups is 1. The van der Waals surface area contributed by atoms with Gasteiger partial charge in [0.05, 0.1) is 28.4 Å². The average molecular weight is 713 g/mol. The second-order valence-corrected chi connectivity index (χ2v) is 13.8. The van der Waals surface area contributed by atoms with Crippen LogP contribution in [0.1, 0.15) is 44.7 Å². The fourth-order valence-electron chi connectivity index (χ4n) is 4.54. The average Bonchev–Trinajstić information content (AvgIpc) is 3.75. The Hall–Kier alpha value is -4.62. The van der Waals surface area contributed by atoms with Gasteiger partial charge in [-0.05, 0) is 63.4 Å². The number of nitrogens with one attached hydrogen (secondary N) is 1. The molecule has 0 bridgehead atoms. The highest BCUT2D eigenvalue weighted by Crippen LogP contribution is 2.58. The molecule has 12 nitrogen and oxygen atoms in total. The van der Waals surface area contributed by atoms with Gasteiger partial charge in [-0.25, -0.2) is 22.4 Å². The second-order valence-electron chi connectivity index (χ2n) is 11.8. The molecule has 2 aromatic rings. The molecule has 3 N–H and O–H groups in total. The van der Waals surface area contributed by atoms with Gasteiger partial charge in [0.2, 0.25) is 0 Å². The highest BCUT2D eigenvalue weighted by molar-refractivity contribution is 7.91. The summed E-state index contributed by atoms with van der Waals surface area (Å²) >= 11 is 0. The lowest BCUT2D eigenvalue weighted by Crippen LogP contribution is -2.51. The zero-order chi connectivity index (χ0) is 36.0. The number of alkyl halides is 6. The summed E-state index contributed by atoms with van der Waals surface area (Å²) in [6.45, 7) is 3.90. The number of ether oxygens (including phenoxy) is 2. The summed E-state index contributed by atoms with van der Waals surface area (Å²) in [5.41, 5.74) is 0.597. The van der Waals surface area contributed by atoms with Crippen LogP contribution in [0.5, 0.6) is 5.75 Å². The lowest BCUT2D eigenvalue weighted by atomic mass is 10.1. The van der Waals surface area contributed by atoms with Gasteiger partial charge in [-0.15, -0.1) is 13.2 Å². The van der Waals surface area contributed by atoms with E-state index < -0.39 is 116 Å². The first-order valence-corrected chi connectivity index (χ1v) is 15.4. The molecule has 0 radical (unpaired) electrons. The van der Waals surface area contributed by atoms with Crippen LogP contribution in [0, 0.1) is 11.2 Å². The Morgan fingerprint density at radius 1 is 1.06 bits per heavy atom. The van der Waals surface area contributed by atoms with Gasteiger partial charge in [0.15, 0.2) is 21.1 Å². The molecule has 1 atom stereocenters. The maximum atomic E-state index is 15.3. The van der Waals surface area contributed by atoms with Crippen molar-refractivity contribution in [2.45, 2.75) is 69.2 Å². The number of nitrogens with zero attached hydrogens (tertiary/aromatic N) is 2. The molecular weight excluding hydrogens is 685 g/mol. The topological polar surface area (TPSA) is 167 Å². The third-order valence-electron chi connectivity index (χ3n) is 7.00. The number of hydrogen-bond acceptors (Lipinski definition) is 9. The standard InChI is InChI=1S/C28H27F7N4O8S/c1-25(2,3)46-24(42)37-18-13-48(43,44)20-11-17(29)16(21(36)38-47-23(41)26(8-9-26)27(30,31)32)10-19(20)39(22(18)40)12-14-4-6-15(7-5-14)45-28(33,34)35/h4-7,10-11,18H,8-9,12-13H2,1-3H3,(H2,36,38)(H,37,42)/t18-/m0/s1. The second kappa shape index (κ2) is 12.4. The molecule has 1 heterocycles. The van der Waals surface area contributed by atoms with Crippen molar-refractivity contribution in [2.75, 3.05) is 10.7 Å². The minimum Gasteiger partial charge on any atom is -0.444 e. The summed E-state index contributed by atoms with van der Waals surface area (Å²) < 4.78 is 129. The Kier molecular flexibility index (Phi) is 9.39. The van der Waals surface area contributed by atoms with Crippen molar-refractivity contribution in [2.24, 2.45) is 16.3 Å². The van der Waals surface area contributed by atoms with E-state index >= 15 is 4.39 Å². The molecule has 0 spiro atoms. The molecule has 20 heteroatoms. The summed E-state index contributed by atoms with van der Waals surface area (Å²) in [7, 11) is -4.63. The molecule has 0 saturated heterocycles. The number of amides is 2. The van der Waals surface area contributed by atoms with E-state index in [1.807, 2.05) is 0 Å². The van der Waals surface area contributed by atoms with Crippen molar-refractivity contribution < 1.29 is 67.8 Å². The van der Waals surface area contributed by atoms with E-state index in [1.54, 1.807) is 0 Å². The van der Waals surface area contributed by atoms with Gasteiger partial charge >= 0.3 is 24.6 Å². The lowest BCUT2D eigenvalue weighted by Gasteiger charge is -2.27. The molecule has 4 rings (SSSR count). The zero-order valence-corrected chi connectivity index (χ0v) is 26.0. The fraction of sp³-hybridized carbons (Fsp3) is 0.429. The Morgan fingerprint density at radius 2 is 1.67 bits per heavy atom. The number of carbonyl (C=O) groups excluding carboxylic acids is 3. The summed E-state index contributed by atoms with van der Waals surface area (Å²) in [5, 5.41) is 5.27. The maximum absolute atomic E-state index is 15.3. The molecule has 2 amide bonds. The number of nitrogens with two attached hydrogens (primary N) is 1. The Labute approximate surface area is 267 Å². The lowest BCUT2D eigenvalue weighted by molar-refractivity contribution is -0.274. The zero-order valence-electron chi connectivity index (χ0n) is 25.2. The summed E-state index contributed by atoms with van der Waals surface area (Å²) in [6.07, 6.45) is -12.3. The highest BCUT2D eigenvalue weighted by Gasteiger charge is 2.70. The number of rotatable bonds is 7. The summed E-state index contributed by atoms with van der Waals surface area (Å²) in [4.78, 5) is 42.8. The number of halogens is 7. The van der Waals surface area contributed by atoms with Crippen LogP contribution in [0.2, 0.25) is 0 Å². The molecule has 2 aliphatic rings. The van der Waals surface area contributed by atoms with Crippen LogP contribution in [0.15, 0.2) is 46.4 Å². The Bertz CT molecular complexity index is 1750. The molecule has 2 aromatic carbocycles. The number of oxime groups is 1. The Balaban J connectivity index is 1.76. The molecule has 0 unspecified atom stereocenters. The number of carbonyl (C=O) groups is 3. The number of hydrogen-bond donors (Lipinski definition) is 2. The third kappa shape index (κ3) is 8.08. The first-order chi connectivity index (χ1) is 21.9. The largest absolute Gasteiger partial charge is 0.573 e. The van der Waals surface area contributed by atoms with Crippen LogP contribution in [-0.2, 0) is 35.5 Å². The number of benzene rings is 2. The quantitative estimate of drug-likeness (QED) is 0.139. The molecule has 0 aromatic heterocycles. The molecule has 1 saturated carbocycles. The molecule has 1 aliphatic carbocycles. The monoisotopic (exact) mass is 712 g/mol. The predicted molar refractivity (Wildman–Crippen MR) is 150 cm³/mol. The van der Waals surface area contributed by atoms with Crippen LogP contribution in [0.4, 0.5) is 41.2 Å². The first kappa shape index (κ1) is 36.2. The van der Waals surface area contributed by atoms with Gasteiger partial charge in [-0.3, -0.25) is 4.79 Å². The maximum Gasteiger partial charge on any atom is 0.573 e. The Morgan fingerprint density at radius 3 is 2.19 bits per heavy atom. The van der Waals surface area contributed by atoms with E-state index in [-0.39, 0.29) is 5.56 Å². The minimum atomic E-state index is -5.02. The number of fused-ring (bicyclic) bond motifs is 1. The van der Waals surface area contributed by atoms with Crippen molar-refractivity contribution in [3.8, 4) is 5.75 Å². The summed E-state index contributed by atoms with van der Waals surface area (Å²) in [6, 6.07) is 3.35. The third-order valence-corrected chi connectivity index (χ3v) is 8.77. The van der Waals surface area contributed by atoms with Gasteiger partial charge in [0, 0.05) is 0 Å². The number of anilines is 1. The predicted octanol–water partition coefficient (Wildman–Crippen LogP) is 4.44. The number of sulfone groups is 1. The molecule has 1 fully saturated rings. The van der Waals surface area contributed by atoms with Gasteiger partial charge < -0.3 is 30.3 Å². The van der Waals surface area contributed by atoms with Crippen LogP contribution >= 0.6 is 0 Å². The molecule has 262 valence electrons. The van der Waals surface area contributed by atoms with Crippen molar-refractivity contribution >= 4 is 39.3 Å². The van der Waals surface area contributed by atoms with Gasteiger partial charge in [-0.1, -0.05) is 17.3 Å². The van der Waals surface area contributed by atoms with Crippen LogP contribution in [-0.4, -0.2) is 62.2 Å².